The van der Waals surface area contributed by atoms with Gasteiger partial charge >= 0.3 is 6.03 Å². The molecule has 0 aromatic heterocycles. The minimum atomic E-state index is -0.421. The van der Waals surface area contributed by atoms with Gasteiger partial charge in [0, 0.05) is 25.3 Å². The topological polar surface area (TPSA) is 52.7 Å². The van der Waals surface area contributed by atoms with E-state index in [0.717, 1.165) is 6.42 Å². The highest BCUT2D eigenvalue weighted by atomic mass is 35.5. The van der Waals surface area contributed by atoms with Crippen LogP contribution in [0.4, 0.5) is 10.5 Å². The summed E-state index contributed by atoms with van der Waals surface area (Å²) in [7, 11) is 1.66. The van der Waals surface area contributed by atoms with E-state index in [0.29, 0.717) is 28.7 Å². The SMILES string of the molecule is CC(C)NC(=O)[C@H]1CCCN1C(=O)N(C)c1ccc(Cl)c(Cl)c1. The second kappa shape index (κ2) is 7.41. The van der Waals surface area contributed by atoms with E-state index < -0.39 is 6.04 Å². The second-order valence-electron chi connectivity index (χ2n) is 5.95. The third-order valence-electron chi connectivity index (χ3n) is 3.81. The molecule has 23 heavy (non-hydrogen) atoms. The molecule has 0 bridgehead atoms. The molecule has 1 N–H and O–H groups in total. The van der Waals surface area contributed by atoms with Crippen LogP contribution in [-0.4, -0.2) is 42.5 Å². The minimum Gasteiger partial charge on any atom is -0.352 e. The number of halogens is 2. The molecule has 1 fully saturated rings. The van der Waals surface area contributed by atoms with E-state index in [1.165, 1.54) is 4.90 Å². The molecule has 0 unspecified atom stereocenters. The Morgan fingerprint density at radius 2 is 2.00 bits per heavy atom. The lowest BCUT2D eigenvalue weighted by Gasteiger charge is -2.29. The Bertz CT molecular complexity index is 607. The van der Waals surface area contributed by atoms with Crippen LogP contribution in [0.3, 0.4) is 0 Å². The fraction of sp³-hybridized carbons (Fsp3) is 0.500. The van der Waals surface area contributed by atoms with Gasteiger partial charge in [-0.25, -0.2) is 4.79 Å². The van der Waals surface area contributed by atoms with Crippen molar-refractivity contribution in [3.63, 3.8) is 0 Å². The first-order chi connectivity index (χ1) is 10.8. The van der Waals surface area contributed by atoms with Crippen molar-refractivity contribution in [1.29, 1.82) is 0 Å². The van der Waals surface area contributed by atoms with E-state index >= 15 is 0 Å². The fourth-order valence-corrected chi connectivity index (χ4v) is 2.94. The molecule has 0 aliphatic carbocycles. The number of likely N-dealkylation sites (tertiary alicyclic amines) is 1. The maximum Gasteiger partial charge on any atom is 0.324 e. The van der Waals surface area contributed by atoms with E-state index in [1.807, 2.05) is 13.8 Å². The van der Waals surface area contributed by atoms with Crippen LogP contribution >= 0.6 is 23.2 Å². The summed E-state index contributed by atoms with van der Waals surface area (Å²) < 4.78 is 0. The van der Waals surface area contributed by atoms with E-state index in [9.17, 15) is 9.59 Å². The lowest BCUT2D eigenvalue weighted by molar-refractivity contribution is -0.125. The molecule has 1 aliphatic heterocycles. The van der Waals surface area contributed by atoms with Crippen LogP contribution in [0.1, 0.15) is 26.7 Å². The Balaban J connectivity index is 2.14. The highest BCUT2D eigenvalue weighted by Crippen LogP contribution is 2.28. The highest BCUT2D eigenvalue weighted by Gasteiger charge is 2.36. The number of nitrogens with one attached hydrogen (secondary N) is 1. The first-order valence-electron chi connectivity index (χ1n) is 7.61. The standard InChI is InChI=1S/C16H21Cl2N3O2/c1-10(2)19-15(22)14-5-4-8-21(14)16(23)20(3)11-6-7-12(17)13(18)9-11/h6-7,9-10,14H,4-5,8H2,1-3H3,(H,19,22)/t14-/m1/s1. The normalized spacial score (nSPS) is 17.5. The molecule has 1 aliphatic rings. The minimum absolute atomic E-state index is 0.0489. The van der Waals surface area contributed by atoms with Crippen LogP contribution in [0.15, 0.2) is 18.2 Å². The number of hydrogen-bond acceptors (Lipinski definition) is 2. The van der Waals surface area contributed by atoms with Gasteiger partial charge in [-0.05, 0) is 44.9 Å². The molecule has 0 spiro atoms. The number of anilines is 1. The molecule has 5 nitrogen and oxygen atoms in total. The summed E-state index contributed by atoms with van der Waals surface area (Å²) in [6.07, 6.45) is 1.50. The van der Waals surface area contributed by atoms with Crippen molar-refractivity contribution in [1.82, 2.24) is 10.2 Å². The summed E-state index contributed by atoms with van der Waals surface area (Å²) in [5.74, 6) is -0.103. The first-order valence-corrected chi connectivity index (χ1v) is 8.36. The van der Waals surface area contributed by atoms with Crippen LogP contribution in [0.2, 0.25) is 10.0 Å². The van der Waals surface area contributed by atoms with Gasteiger partial charge in [0.15, 0.2) is 0 Å². The van der Waals surface area contributed by atoms with Crippen LogP contribution in [0, 0.1) is 0 Å². The number of benzene rings is 1. The molecule has 0 radical (unpaired) electrons. The number of carbonyl (C=O) groups is 2. The molecular weight excluding hydrogens is 337 g/mol. The average Bonchev–Trinajstić information content (AvgIpc) is 2.97. The summed E-state index contributed by atoms with van der Waals surface area (Å²) in [5.41, 5.74) is 0.638. The summed E-state index contributed by atoms with van der Waals surface area (Å²) in [5, 5.41) is 3.70. The predicted molar refractivity (Wildman–Crippen MR) is 93.3 cm³/mol. The van der Waals surface area contributed by atoms with Gasteiger partial charge in [-0.15, -0.1) is 0 Å². The number of carbonyl (C=O) groups excluding carboxylic acids is 2. The zero-order valence-electron chi connectivity index (χ0n) is 13.5. The van der Waals surface area contributed by atoms with Crippen molar-refractivity contribution in [3.8, 4) is 0 Å². The van der Waals surface area contributed by atoms with Crippen LogP contribution < -0.4 is 10.2 Å². The van der Waals surface area contributed by atoms with Crippen LogP contribution in [0.25, 0.3) is 0 Å². The summed E-state index contributed by atoms with van der Waals surface area (Å²) >= 11 is 11.9. The second-order valence-corrected chi connectivity index (χ2v) is 6.77. The fourth-order valence-electron chi connectivity index (χ4n) is 2.65. The lowest BCUT2D eigenvalue weighted by atomic mass is 10.2. The molecule has 1 heterocycles. The zero-order chi connectivity index (χ0) is 17.1. The van der Waals surface area contributed by atoms with Crippen molar-refractivity contribution in [2.24, 2.45) is 0 Å². The molecule has 3 amide bonds. The van der Waals surface area contributed by atoms with E-state index in [4.69, 9.17) is 23.2 Å². The molecule has 1 aromatic rings. The maximum absolute atomic E-state index is 12.7. The Labute approximate surface area is 146 Å². The van der Waals surface area contributed by atoms with Crippen LogP contribution in [-0.2, 0) is 4.79 Å². The zero-order valence-corrected chi connectivity index (χ0v) is 15.0. The molecule has 2 rings (SSSR count). The van der Waals surface area contributed by atoms with Crippen molar-refractivity contribution in [2.75, 3.05) is 18.5 Å². The largest absolute Gasteiger partial charge is 0.352 e. The number of amides is 3. The summed E-state index contributed by atoms with van der Waals surface area (Å²) in [6, 6.07) is 4.43. The Morgan fingerprint density at radius 1 is 1.30 bits per heavy atom. The van der Waals surface area contributed by atoms with Gasteiger partial charge in [0.25, 0.3) is 0 Å². The van der Waals surface area contributed by atoms with Gasteiger partial charge in [-0.1, -0.05) is 23.2 Å². The molecule has 7 heteroatoms. The van der Waals surface area contributed by atoms with Crippen molar-refractivity contribution in [2.45, 2.75) is 38.8 Å². The summed E-state index contributed by atoms with van der Waals surface area (Å²) in [6.45, 7) is 4.38. The third kappa shape index (κ3) is 4.09. The molecule has 1 aromatic carbocycles. The number of nitrogens with zero attached hydrogens (tertiary/aromatic N) is 2. The summed E-state index contributed by atoms with van der Waals surface area (Å²) in [4.78, 5) is 28.1. The van der Waals surface area contributed by atoms with Gasteiger partial charge < -0.3 is 10.2 Å². The Morgan fingerprint density at radius 3 is 2.61 bits per heavy atom. The number of hydrogen-bond donors (Lipinski definition) is 1. The molecule has 126 valence electrons. The van der Waals surface area contributed by atoms with E-state index in [2.05, 4.69) is 5.32 Å². The quantitative estimate of drug-likeness (QED) is 0.899. The Hall–Kier alpha value is -1.46. The van der Waals surface area contributed by atoms with E-state index in [1.54, 1.807) is 30.1 Å². The van der Waals surface area contributed by atoms with Gasteiger partial charge in [0.05, 0.1) is 10.0 Å². The molecule has 1 saturated heterocycles. The van der Waals surface area contributed by atoms with Crippen LogP contribution in [0.5, 0.6) is 0 Å². The first kappa shape index (κ1) is 17.9. The maximum atomic E-state index is 12.7. The van der Waals surface area contributed by atoms with E-state index in [-0.39, 0.29) is 18.0 Å². The lowest BCUT2D eigenvalue weighted by Crippen LogP contribution is -2.51. The highest BCUT2D eigenvalue weighted by molar-refractivity contribution is 6.42. The molecular formula is C16H21Cl2N3O2. The van der Waals surface area contributed by atoms with Crippen molar-refractivity contribution < 1.29 is 9.59 Å². The molecule has 0 saturated carbocycles. The predicted octanol–water partition coefficient (Wildman–Crippen LogP) is 3.54. The van der Waals surface area contributed by atoms with Gasteiger partial charge in [-0.2, -0.15) is 0 Å². The smallest absolute Gasteiger partial charge is 0.324 e. The van der Waals surface area contributed by atoms with Crippen molar-refractivity contribution >= 4 is 40.8 Å². The molecule has 1 atom stereocenters. The number of urea groups is 1. The van der Waals surface area contributed by atoms with Crippen molar-refractivity contribution in [3.05, 3.63) is 28.2 Å². The van der Waals surface area contributed by atoms with Gasteiger partial charge in [0.1, 0.15) is 6.04 Å². The average molecular weight is 358 g/mol. The van der Waals surface area contributed by atoms with Gasteiger partial charge in [-0.3, -0.25) is 9.69 Å². The monoisotopic (exact) mass is 357 g/mol. The third-order valence-corrected chi connectivity index (χ3v) is 4.55. The number of rotatable bonds is 3. The van der Waals surface area contributed by atoms with Gasteiger partial charge in [0.2, 0.25) is 5.91 Å². The Kier molecular flexibility index (Phi) is 5.76.